The predicted molar refractivity (Wildman–Crippen MR) is 95.0 cm³/mol. The lowest BCUT2D eigenvalue weighted by atomic mass is 9.92. The lowest BCUT2D eigenvalue weighted by Gasteiger charge is -2.27. The summed E-state index contributed by atoms with van der Waals surface area (Å²) in [5.74, 6) is -0.153. The van der Waals surface area contributed by atoms with E-state index in [2.05, 4.69) is 6.07 Å². The minimum Gasteiger partial charge on any atom is -0.338 e. The zero-order valence-corrected chi connectivity index (χ0v) is 13.6. The standard InChI is InChI=1S/C21H20N2O/c22-16-19(21(24)23-14-8-3-9-15-23)20(17-10-4-1-5-11-17)18-12-6-2-7-13-18/h1-2,4-7,10-13H,3,8-9,14-15H2. The Morgan fingerprint density at radius 1 is 0.833 bits per heavy atom. The van der Waals surface area contributed by atoms with Crippen molar-refractivity contribution >= 4 is 11.5 Å². The molecular formula is C21H20N2O. The number of benzene rings is 2. The Morgan fingerprint density at radius 3 is 1.79 bits per heavy atom. The summed E-state index contributed by atoms with van der Waals surface area (Å²) in [4.78, 5) is 14.8. The van der Waals surface area contributed by atoms with Crippen LogP contribution in [0.4, 0.5) is 0 Å². The molecule has 0 spiro atoms. The van der Waals surface area contributed by atoms with E-state index in [9.17, 15) is 10.1 Å². The van der Waals surface area contributed by atoms with Crippen LogP contribution < -0.4 is 0 Å². The van der Waals surface area contributed by atoms with Gasteiger partial charge in [-0.05, 0) is 30.4 Å². The Balaban J connectivity index is 2.12. The highest BCUT2D eigenvalue weighted by Gasteiger charge is 2.24. The van der Waals surface area contributed by atoms with Gasteiger partial charge in [-0.15, -0.1) is 0 Å². The molecule has 0 aromatic heterocycles. The van der Waals surface area contributed by atoms with Gasteiger partial charge in [-0.1, -0.05) is 60.7 Å². The van der Waals surface area contributed by atoms with Crippen LogP contribution in [0.15, 0.2) is 66.2 Å². The Kier molecular flexibility index (Phi) is 5.08. The van der Waals surface area contributed by atoms with Gasteiger partial charge in [0.15, 0.2) is 0 Å². The van der Waals surface area contributed by atoms with Crippen molar-refractivity contribution in [3.63, 3.8) is 0 Å². The van der Waals surface area contributed by atoms with Crippen molar-refractivity contribution in [3.8, 4) is 6.07 Å². The summed E-state index contributed by atoms with van der Waals surface area (Å²) in [6.07, 6.45) is 3.17. The smallest absolute Gasteiger partial charge is 0.265 e. The average Bonchev–Trinajstić information content (AvgIpc) is 2.67. The molecule has 3 heteroatoms. The molecule has 0 saturated carbocycles. The van der Waals surface area contributed by atoms with Crippen molar-refractivity contribution in [1.29, 1.82) is 5.26 Å². The molecule has 2 aromatic carbocycles. The number of amides is 1. The fourth-order valence-electron chi connectivity index (χ4n) is 3.13. The Labute approximate surface area is 142 Å². The number of piperidine rings is 1. The number of nitrogens with zero attached hydrogens (tertiary/aromatic N) is 2. The number of rotatable bonds is 3. The number of carbonyl (C=O) groups excluding carboxylic acids is 1. The molecule has 3 nitrogen and oxygen atoms in total. The average molecular weight is 316 g/mol. The molecule has 0 radical (unpaired) electrons. The monoisotopic (exact) mass is 316 g/mol. The van der Waals surface area contributed by atoms with E-state index in [1.807, 2.05) is 65.6 Å². The summed E-state index contributed by atoms with van der Waals surface area (Å²) in [7, 11) is 0. The predicted octanol–water partition coefficient (Wildman–Crippen LogP) is 4.02. The van der Waals surface area contributed by atoms with Gasteiger partial charge in [0.1, 0.15) is 11.6 Å². The molecule has 120 valence electrons. The fourth-order valence-corrected chi connectivity index (χ4v) is 3.13. The highest BCUT2D eigenvalue weighted by atomic mass is 16.2. The summed E-state index contributed by atoms with van der Waals surface area (Å²) in [5.41, 5.74) is 2.74. The van der Waals surface area contributed by atoms with Gasteiger partial charge in [0.05, 0.1) is 0 Å². The summed E-state index contributed by atoms with van der Waals surface area (Å²) >= 11 is 0. The molecule has 1 heterocycles. The first-order valence-electron chi connectivity index (χ1n) is 8.36. The van der Waals surface area contributed by atoms with Gasteiger partial charge in [0.2, 0.25) is 0 Å². The van der Waals surface area contributed by atoms with Gasteiger partial charge in [-0.2, -0.15) is 5.26 Å². The van der Waals surface area contributed by atoms with E-state index in [1.165, 1.54) is 0 Å². The number of likely N-dealkylation sites (tertiary alicyclic amines) is 1. The maximum Gasteiger partial charge on any atom is 0.265 e. The first-order chi connectivity index (χ1) is 11.8. The molecule has 3 rings (SSSR count). The second kappa shape index (κ2) is 7.61. The lowest BCUT2D eigenvalue weighted by Crippen LogP contribution is -2.36. The summed E-state index contributed by atoms with van der Waals surface area (Å²) < 4.78 is 0. The minimum absolute atomic E-state index is 0.153. The van der Waals surface area contributed by atoms with Crippen molar-refractivity contribution < 1.29 is 4.79 Å². The minimum atomic E-state index is -0.153. The lowest BCUT2D eigenvalue weighted by molar-refractivity contribution is -0.127. The van der Waals surface area contributed by atoms with E-state index in [0.29, 0.717) is 5.57 Å². The second-order valence-electron chi connectivity index (χ2n) is 5.95. The van der Waals surface area contributed by atoms with E-state index in [0.717, 1.165) is 43.5 Å². The van der Waals surface area contributed by atoms with E-state index >= 15 is 0 Å². The normalized spacial score (nSPS) is 13.9. The van der Waals surface area contributed by atoms with Crippen molar-refractivity contribution in [2.75, 3.05) is 13.1 Å². The third-order valence-electron chi connectivity index (χ3n) is 4.34. The Hall–Kier alpha value is -2.86. The maximum atomic E-state index is 13.0. The van der Waals surface area contributed by atoms with Crippen molar-refractivity contribution in [3.05, 3.63) is 77.4 Å². The quantitative estimate of drug-likeness (QED) is 0.634. The van der Waals surface area contributed by atoms with Gasteiger partial charge >= 0.3 is 0 Å². The molecule has 2 aromatic rings. The topological polar surface area (TPSA) is 44.1 Å². The zero-order valence-electron chi connectivity index (χ0n) is 13.6. The van der Waals surface area contributed by atoms with Gasteiger partial charge in [0, 0.05) is 18.7 Å². The van der Waals surface area contributed by atoms with E-state index in [-0.39, 0.29) is 11.5 Å². The zero-order chi connectivity index (χ0) is 16.8. The van der Waals surface area contributed by atoms with Gasteiger partial charge in [-0.25, -0.2) is 0 Å². The van der Waals surface area contributed by atoms with Crippen molar-refractivity contribution in [2.24, 2.45) is 0 Å². The van der Waals surface area contributed by atoms with E-state index < -0.39 is 0 Å². The van der Waals surface area contributed by atoms with Crippen LogP contribution in [0.1, 0.15) is 30.4 Å². The second-order valence-corrected chi connectivity index (χ2v) is 5.95. The first-order valence-corrected chi connectivity index (χ1v) is 8.36. The van der Waals surface area contributed by atoms with Crippen molar-refractivity contribution in [2.45, 2.75) is 19.3 Å². The van der Waals surface area contributed by atoms with Gasteiger partial charge < -0.3 is 4.90 Å². The number of nitriles is 1. The van der Waals surface area contributed by atoms with Crippen LogP contribution in [0.2, 0.25) is 0 Å². The van der Waals surface area contributed by atoms with Crippen LogP contribution in [0.5, 0.6) is 0 Å². The van der Waals surface area contributed by atoms with Gasteiger partial charge in [0.25, 0.3) is 5.91 Å². The van der Waals surface area contributed by atoms with Crippen LogP contribution in [0.25, 0.3) is 5.57 Å². The van der Waals surface area contributed by atoms with E-state index in [4.69, 9.17) is 0 Å². The summed E-state index contributed by atoms with van der Waals surface area (Å²) in [6, 6.07) is 21.6. The maximum absolute atomic E-state index is 13.0. The molecule has 1 amide bonds. The summed E-state index contributed by atoms with van der Waals surface area (Å²) in [5, 5.41) is 9.76. The molecule has 0 atom stereocenters. The highest BCUT2D eigenvalue weighted by molar-refractivity contribution is 6.08. The van der Waals surface area contributed by atoms with Gasteiger partial charge in [-0.3, -0.25) is 4.79 Å². The van der Waals surface area contributed by atoms with E-state index in [1.54, 1.807) is 0 Å². The fraction of sp³-hybridized carbons (Fsp3) is 0.238. The molecule has 24 heavy (non-hydrogen) atoms. The van der Waals surface area contributed by atoms with Crippen LogP contribution in [-0.2, 0) is 4.79 Å². The molecule has 1 aliphatic rings. The summed E-state index contributed by atoms with van der Waals surface area (Å²) in [6.45, 7) is 1.47. The molecule has 1 fully saturated rings. The molecular weight excluding hydrogens is 296 g/mol. The molecule has 0 bridgehead atoms. The van der Waals surface area contributed by atoms with Crippen LogP contribution in [0.3, 0.4) is 0 Å². The molecule has 1 aliphatic heterocycles. The Bertz CT molecular complexity index is 725. The molecule has 0 unspecified atom stereocenters. The van der Waals surface area contributed by atoms with Crippen molar-refractivity contribution in [1.82, 2.24) is 4.90 Å². The molecule has 1 saturated heterocycles. The highest BCUT2D eigenvalue weighted by Crippen LogP contribution is 2.28. The van der Waals surface area contributed by atoms with Crippen LogP contribution in [0, 0.1) is 11.3 Å². The van der Waals surface area contributed by atoms with Crippen LogP contribution in [-0.4, -0.2) is 23.9 Å². The number of hydrogen-bond donors (Lipinski definition) is 0. The number of hydrogen-bond acceptors (Lipinski definition) is 2. The largest absolute Gasteiger partial charge is 0.338 e. The molecule has 0 aliphatic carbocycles. The third kappa shape index (κ3) is 3.38. The first kappa shape index (κ1) is 16.0. The molecule has 0 N–H and O–H groups in total. The van der Waals surface area contributed by atoms with Crippen LogP contribution >= 0.6 is 0 Å². The Morgan fingerprint density at radius 2 is 1.33 bits per heavy atom. The third-order valence-corrected chi connectivity index (χ3v) is 4.34. The SMILES string of the molecule is N#CC(C(=O)N1CCCCC1)=C(c1ccccc1)c1ccccc1. The number of carbonyl (C=O) groups is 1.